The van der Waals surface area contributed by atoms with Crippen molar-refractivity contribution in [3.05, 3.63) is 22.8 Å². The summed E-state index contributed by atoms with van der Waals surface area (Å²) < 4.78 is 5.82. The summed E-state index contributed by atoms with van der Waals surface area (Å²) in [5.74, 6) is 2.07. The number of aromatic carboxylic acids is 1. The molecule has 0 bridgehead atoms. The topological polar surface area (TPSA) is 99.9 Å². The Morgan fingerprint density at radius 3 is 2.54 bits per heavy atom. The normalized spacial score (nSPS) is 43.0. The molecule has 0 amide bonds. The van der Waals surface area contributed by atoms with E-state index < -0.39 is 5.97 Å². The van der Waals surface area contributed by atoms with E-state index in [9.17, 15) is 15.0 Å². The molecule has 0 aromatic carbocycles. The molecule has 7 heteroatoms. The number of carboxylic acids is 1. The zero-order chi connectivity index (χ0) is 26.5. The van der Waals surface area contributed by atoms with Crippen LogP contribution in [0.25, 0.3) is 0 Å². The zero-order valence-corrected chi connectivity index (χ0v) is 23.3. The zero-order valence-electron chi connectivity index (χ0n) is 22.5. The summed E-state index contributed by atoms with van der Waals surface area (Å²) in [6.07, 6.45) is 11.5. The number of halogens is 1. The number of nitrogens with zero attached hydrogens (tertiary/aromatic N) is 1. The van der Waals surface area contributed by atoms with Crippen LogP contribution < -0.4 is 4.74 Å². The first-order valence-electron chi connectivity index (χ1n) is 14.5. The van der Waals surface area contributed by atoms with Crippen LogP contribution in [-0.2, 0) is 0 Å². The highest BCUT2D eigenvalue weighted by Crippen LogP contribution is 2.69. The fourth-order valence-electron chi connectivity index (χ4n) is 9.69. The van der Waals surface area contributed by atoms with E-state index in [-0.39, 0.29) is 33.6 Å². The van der Waals surface area contributed by atoms with Gasteiger partial charge in [0.25, 0.3) is 0 Å². The summed E-state index contributed by atoms with van der Waals surface area (Å²) in [6, 6.07) is 1.38. The number of fused-ring (bicyclic) bond motifs is 5. The first-order chi connectivity index (χ1) is 17.6. The van der Waals surface area contributed by atoms with Crippen molar-refractivity contribution in [3.8, 4) is 5.88 Å². The first-order valence-corrected chi connectivity index (χ1v) is 14.9. The molecule has 3 N–H and O–H groups in total. The summed E-state index contributed by atoms with van der Waals surface area (Å²) >= 11 is 6.17. The molecule has 4 aliphatic rings. The molecular formula is C30H44ClNO5. The molecular weight excluding hydrogens is 490 g/mol. The lowest BCUT2D eigenvalue weighted by Gasteiger charge is -2.64. The first kappa shape index (κ1) is 27.2. The van der Waals surface area contributed by atoms with E-state index in [1.54, 1.807) is 0 Å². The van der Waals surface area contributed by atoms with Crippen LogP contribution in [0.2, 0.25) is 5.02 Å². The second kappa shape index (κ2) is 10.3. The smallest absolute Gasteiger partial charge is 0.337 e. The van der Waals surface area contributed by atoms with Crippen molar-refractivity contribution in [2.24, 2.45) is 46.3 Å². The third-order valence-electron chi connectivity index (χ3n) is 11.6. The number of aliphatic hydroxyl groups excluding tert-OH is 2. The SMILES string of the molecule is CC[C@H]1[C@@H](O)[C@@H]2[C@H](CC[C@]3(C)[C@@H](CCCOc4ncc(C(=O)O)cc4Cl)CC[C@@H]23)[C@@]2(C)CC[C@@H](O)C[C@@H]12. The molecule has 0 unspecified atom stereocenters. The molecule has 1 aromatic rings. The molecule has 4 aliphatic carbocycles. The Kier molecular flexibility index (Phi) is 7.58. The van der Waals surface area contributed by atoms with Crippen molar-refractivity contribution >= 4 is 17.6 Å². The number of hydrogen-bond acceptors (Lipinski definition) is 5. The maximum Gasteiger partial charge on any atom is 0.337 e. The monoisotopic (exact) mass is 533 g/mol. The molecule has 0 radical (unpaired) electrons. The average molecular weight is 534 g/mol. The number of rotatable bonds is 7. The van der Waals surface area contributed by atoms with E-state index in [4.69, 9.17) is 21.4 Å². The largest absolute Gasteiger partial charge is 0.478 e. The Morgan fingerprint density at radius 2 is 1.84 bits per heavy atom. The molecule has 6 nitrogen and oxygen atoms in total. The van der Waals surface area contributed by atoms with Crippen LogP contribution in [0.3, 0.4) is 0 Å². The number of aromatic nitrogens is 1. The molecule has 0 spiro atoms. The van der Waals surface area contributed by atoms with E-state index in [1.165, 1.54) is 37.9 Å². The van der Waals surface area contributed by atoms with Gasteiger partial charge in [-0.25, -0.2) is 9.78 Å². The van der Waals surface area contributed by atoms with E-state index in [0.29, 0.717) is 48.0 Å². The molecule has 37 heavy (non-hydrogen) atoms. The fourth-order valence-corrected chi connectivity index (χ4v) is 9.91. The van der Waals surface area contributed by atoms with Gasteiger partial charge >= 0.3 is 5.97 Å². The predicted octanol–water partition coefficient (Wildman–Crippen LogP) is 6.22. The van der Waals surface area contributed by atoms with Crippen LogP contribution in [0.5, 0.6) is 5.88 Å². The molecule has 5 rings (SSSR count). The van der Waals surface area contributed by atoms with Gasteiger partial charge in [-0.15, -0.1) is 0 Å². The van der Waals surface area contributed by atoms with Crippen molar-refractivity contribution in [2.45, 2.75) is 97.2 Å². The summed E-state index contributed by atoms with van der Waals surface area (Å²) in [6.45, 7) is 7.71. The number of aliphatic hydroxyl groups is 2. The van der Waals surface area contributed by atoms with E-state index in [0.717, 1.165) is 38.5 Å². The van der Waals surface area contributed by atoms with Crippen LogP contribution in [0.4, 0.5) is 0 Å². The number of ether oxygens (including phenoxy) is 1. The summed E-state index contributed by atoms with van der Waals surface area (Å²) in [7, 11) is 0. The minimum absolute atomic E-state index is 0.0534. The van der Waals surface area contributed by atoms with Gasteiger partial charge in [0, 0.05) is 6.20 Å². The molecule has 4 fully saturated rings. The van der Waals surface area contributed by atoms with Gasteiger partial charge < -0.3 is 20.1 Å². The number of hydrogen-bond donors (Lipinski definition) is 3. The van der Waals surface area contributed by atoms with E-state index in [1.807, 2.05) is 0 Å². The summed E-state index contributed by atoms with van der Waals surface area (Å²) in [5.41, 5.74) is 0.536. The minimum Gasteiger partial charge on any atom is -0.478 e. The lowest BCUT2D eigenvalue weighted by molar-refractivity contribution is -0.202. The van der Waals surface area contributed by atoms with Crippen LogP contribution in [0, 0.1) is 46.3 Å². The molecule has 1 heterocycles. The van der Waals surface area contributed by atoms with E-state index in [2.05, 4.69) is 25.8 Å². The Labute approximate surface area is 226 Å². The maximum atomic E-state index is 11.8. The Balaban J connectivity index is 1.25. The minimum atomic E-state index is -1.06. The van der Waals surface area contributed by atoms with Gasteiger partial charge in [0.1, 0.15) is 5.02 Å². The maximum absolute atomic E-state index is 11.8. The van der Waals surface area contributed by atoms with Crippen LogP contribution >= 0.6 is 11.6 Å². The lowest BCUT2D eigenvalue weighted by atomic mass is 9.41. The highest BCUT2D eigenvalue weighted by Gasteiger charge is 2.64. The molecule has 0 saturated heterocycles. The fraction of sp³-hybridized carbons (Fsp3) is 0.800. The highest BCUT2D eigenvalue weighted by atomic mass is 35.5. The average Bonchev–Trinajstić information content (AvgIpc) is 3.20. The lowest BCUT2D eigenvalue weighted by Crippen LogP contribution is -2.62. The third kappa shape index (κ3) is 4.59. The van der Waals surface area contributed by atoms with Gasteiger partial charge in [0.15, 0.2) is 0 Å². The van der Waals surface area contributed by atoms with Crippen LogP contribution in [0.15, 0.2) is 12.3 Å². The van der Waals surface area contributed by atoms with Crippen LogP contribution in [-0.4, -0.2) is 45.1 Å². The van der Waals surface area contributed by atoms with E-state index >= 15 is 0 Å². The molecule has 4 saturated carbocycles. The molecule has 1 aromatic heterocycles. The Hall–Kier alpha value is -1.37. The van der Waals surface area contributed by atoms with Gasteiger partial charge in [0.05, 0.1) is 24.4 Å². The van der Waals surface area contributed by atoms with Crippen molar-refractivity contribution < 1.29 is 24.9 Å². The molecule has 206 valence electrons. The van der Waals surface area contributed by atoms with Crippen molar-refractivity contribution in [1.29, 1.82) is 0 Å². The number of carboxylic acid groups (broad SMARTS) is 1. The number of pyridine rings is 1. The standard InChI is InChI=1S/C30H44ClNO5/c1-4-20-23-15-19(33)9-11-30(23,3)22-10-12-29(2)18(7-8-21(29)25(22)26(20)34)6-5-13-37-27-24(31)14-17(16-32-27)28(35)36/h14,16,18-23,25-26,33-34H,4-13,15H2,1-3H3,(H,35,36)/t18-,19+,20+,21-,22-,23-,25-,26+,29+,30+/m0/s1. The molecule has 10 atom stereocenters. The van der Waals surface area contributed by atoms with Crippen LogP contribution in [0.1, 0.15) is 95.3 Å². The summed E-state index contributed by atoms with van der Waals surface area (Å²) in [4.78, 5) is 15.2. The van der Waals surface area contributed by atoms with Gasteiger partial charge in [-0.2, -0.15) is 0 Å². The van der Waals surface area contributed by atoms with Crippen molar-refractivity contribution in [2.75, 3.05) is 6.61 Å². The van der Waals surface area contributed by atoms with Gasteiger partial charge in [-0.05, 0) is 110 Å². The molecule has 0 aliphatic heterocycles. The second-order valence-electron chi connectivity index (χ2n) is 13.0. The third-order valence-corrected chi connectivity index (χ3v) is 11.8. The van der Waals surface area contributed by atoms with Gasteiger partial charge in [-0.3, -0.25) is 0 Å². The Morgan fingerprint density at radius 1 is 1.11 bits per heavy atom. The Bertz CT molecular complexity index is 1000. The number of carbonyl (C=O) groups is 1. The van der Waals surface area contributed by atoms with Gasteiger partial charge in [-0.1, -0.05) is 38.8 Å². The van der Waals surface area contributed by atoms with Gasteiger partial charge in [0.2, 0.25) is 5.88 Å². The highest BCUT2D eigenvalue weighted by molar-refractivity contribution is 6.32. The van der Waals surface area contributed by atoms with Crippen molar-refractivity contribution in [3.63, 3.8) is 0 Å². The second-order valence-corrected chi connectivity index (χ2v) is 13.4. The summed E-state index contributed by atoms with van der Waals surface area (Å²) in [5, 5.41) is 31.6. The quantitative estimate of drug-likeness (QED) is 0.360. The predicted molar refractivity (Wildman–Crippen MR) is 143 cm³/mol. The van der Waals surface area contributed by atoms with Crippen molar-refractivity contribution in [1.82, 2.24) is 4.98 Å².